The normalized spacial score (nSPS) is 14.5. The zero-order chi connectivity index (χ0) is 13.5. The minimum Gasteiger partial charge on any atom is -0.307 e. The molecule has 0 radical (unpaired) electrons. The van der Waals surface area contributed by atoms with E-state index in [-0.39, 0.29) is 0 Å². The minimum absolute atomic E-state index is 0.344. The molecule has 0 aliphatic heterocycles. The number of nitrogens with one attached hydrogen (secondary N) is 1. The number of benzene rings is 1. The minimum atomic E-state index is 0.344. The summed E-state index contributed by atoms with van der Waals surface area (Å²) < 4.78 is 0. The largest absolute Gasteiger partial charge is 0.307 e. The molecular formula is C14H21Cl2NS. The van der Waals surface area contributed by atoms with Crippen LogP contribution < -0.4 is 5.32 Å². The summed E-state index contributed by atoms with van der Waals surface area (Å²) in [6.45, 7) is 4.41. The smallest absolute Gasteiger partial charge is 0.0595 e. The van der Waals surface area contributed by atoms with Gasteiger partial charge in [-0.2, -0.15) is 11.8 Å². The molecule has 0 spiro atoms. The average Bonchev–Trinajstić information content (AvgIpc) is 2.37. The Morgan fingerprint density at radius 2 is 2.00 bits per heavy atom. The number of thioether (sulfide) groups is 1. The Hall–Kier alpha value is 0.110. The second kappa shape index (κ2) is 8.31. The third-order valence-electron chi connectivity index (χ3n) is 2.99. The van der Waals surface area contributed by atoms with Gasteiger partial charge in [-0.1, -0.05) is 36.2 Å². The number of halogens is 2. The molecule has 0 saturated heterocycles. The van der Waals surface area contributed by atoms with E-state index in [1.807, 2.05) is 23.9 Å². The quantitative estimate of drug-likeness (QED) is 0.745. The molecule has 0 aliphatic rings. The van der Waals surface area contributed by atoms with E-state index in [1.54, 1.807) is 0 Å². The van der Waals surface area contributed by atoms with Gasteiger partial charge in [0.1, 0.15) is 0 Å². The maximum atomic E-state index is 6.07. The highest BCUT2D eigenvalue weighted by atomic mass is 35.5. The molecule has 18 heavy (non-hydrogen) atoms. The highest BCUT2D eigenvalue weighted by molar-refractivity contribution is 7.98. The SMILES string of the molecule is CCC(NC(C)CCSC)c1ccc(Cl)c(Cl)c1. The first-order valence-electron chi connectivity index (χ1n) is 6.28. The van der Waals surface area contributed by atoms with E-state index in [9.17, 15) is 0 Å². The zero-order valence-corrected chi connectivity index (χ0v) is 13.5. The molecule has 0 aliphatic carbocycles. The molecule has 1 aromatic carbocycles. The standard InChI is InChI=1S/C14H21Cl2NS/c1-4-14(17-10(2)7-8-18-3)11-5-6-12(15)13(16)9-11/h5-6,9-10,14,17H,4,7-8H2,1-3H3. The molecule has 1 nitrogen and oxygen atoms in total. The number of rotatable bonds is 7. The first-order chi connectivity index (χ1) is 8.58. The Balaban J connectivity index is 2.67. The molecular weight excluding hydrogens is 285 g/mol. The molecule has 1 rings (SSSR count). The van der Waals surface area contributed by atoms with Gasteiger partial charge in [-0.15, -0.1) is 0 Å². The molecule has 1 aromatic rings. The summed E-state index contributed by atoms with van der Waals surface area (Å²) in [7, 11) is 0. The maximum Gasteiger partial charge on any atom is 0.0595 e. The molecule has 0 aromatic heterocycles. The predicted octanol–water partition coefficient (Wildman–Crippen LogP) is 5.18. The summed E-state index contributed by atoms with van der Waals surface area (Å²) in [6.07, 6.45) is 4.36. The predicted molar refractivity (Wildman–Crippen MR) is 85.1 cm³/mol. The van der Waals surface area contributed by atoms with Crippen molar-refractivity contribution in [3.63, 3.8) is 0 Å². The van der Waals surface area contributed by atoms with Crippen LogP contribution in [-0.2, 0) is 0 Å². The fourth-order valence-electron chi connectivity index (χ4n) is 1.90. The topological polar surface area (TPSA) is 12.0 Å². The van der Waals surface area contributed by atoms with Gasteiger partial charge in [0.2, 0.25) is 0 Å². The van der Waals surface area contributed by atoms with E-state index < -0.39 is 0 Å². The first-order valence-corrected chi connectivity index (χ1v) is 8.43. The van der Waals surface area contributed by atoms with Crippen molar-refractivity contribution in [2.75, 3.05) is 12.0 Å². The van der Waals surface area contributed by atoms with Crippen LogP contribution in [0.5, 0.6) is 0 Å². The van der Waals surface area contributed by atoms with Crippen LogP contribution in [0.4, 0.5) is 0 Å². The van der Waals surface area contributed by atoms with Gasteiger partial charge in [-0.05, 0) is 49.5 Å². The molecule has 102 valence electrons. The Morgan fingerprint density at radius 3 is 2.56 bits per heavy atom. The van der Waals surface area contributed by atoms with Crippen molar-refractivity contribution in [3.05, 3.63) is 33.8 Å². The molecule has 0 saturated carbocycles. The van der Waals surface area contributed by atoms with Crippen LogP contribution in [-0.4, -0.2) is 18.1 Å². The number of hydrogen-bond donors (Lipinski definition) is 1. The lowest BCUT2D eigenvalue weighted by Gasteiger charge is -2.23. The second-order valence-corrected chi connectivity index (χ2v) is 6.28. The lowest BCUT2D eigenvalue weighted by Crippen LogP contribution is -2.30. The molecule has 1 N–H and O–H groups in total. The van der Waals surface area contributed by atoms with Crippen LogP contribution >= 0.6 is 35.0 Å². The van der Waals surface area contributed by atoms with E-state index in [2.05, 4.69) is 31.5 Å². The van der Waals surface area contributed by atoms with Crippen LogP contribution in [0.1, 0.15) is 38.3 Å². The van der Waals surface area contributed by atoms with Gasteiger partial charge < -0.3 is 5.32 Å². The summed E-state index contributed by atoms with van der Waals surface area (Å²) in [5, 5.41) is 4.90. The lowest BCUT2D eigenvalue weighted by atomic mass is 10.0. The monoisotopic (exact) mass is 305 g/mol. The van der Waals surface area contributed by atoms with Crippen molar-refractivity contribution in [3.8, 4) is 0 Å². The Morgan fingerprint density at radius 1 is 1.28 bits per heavy atom. The third-order valence-corrected chi connectivity index (χ3v) is 4.38. The van der Waals surface area contributed by atoms with E-state index in [1.165, 1.54) is 17.7 Å². The van der Waals surface area contributed by atoms with Gasteiger partial charge in [-0.25, -0.2) is 0 Å². The zero-order valence-electron chi connectivity index (χ0n) is 11.2. The van der Waals surface area contributed by atoms with Crippen LogP contribution in [0.2, 0.25) is 10.0 Å². The van der Waals surface area contributed by atoms with E-state index in [4.69, 9.17) is 23.2 Å². The second-order valence-electron chi connectivity index (χ2n) is 4.48. The van der Waals surface area contributed by atoms with Crippen molar-refractivity contribution >= 4 is 35.0 Å². The van der Waals surface area contributed by atoms with Gasteiger partial charge in [0.25, 0.3) is 0 Å². The van der Waals surface area contributed by atoms with Gasteiger partial charge >= 0.3 is 0 Å². The van der Waals surface area contributed by atoms with Crippen LogP contribution in [0.15, 0.2) is 18.2 Å². The van der Waals surface area contributed by atoms with Crippen molar-refractivity contribution < 1.29 is 0 Å². The van der Waals surface area contributed by atoms with Crippen molar-refractivity contribution in [1.82, 2.24) is 5.32 Å². The summed E-state index contributed by atoms with van der Waals surface area (Å²) in [5.74, 6) is 1.19. The molecule has 0 amide bonds. The Kier molecular flexibility index (Phi) is 7.47. The van der Waals surface area contributed by atoms with E-state index in [0.717, 1.165) is 6.42 Å². The first kappa shape index (κ1) is 16.2. The van der Waals surface area contributed by atoms with Gasteiger partial charge in [0.15, 0.2) is 0 Å². The fourth-order valence-corrected chi connectivity index (χ4v) is 2.80. The molecule has 0 fully saturated rings. The Labute approximate surface area is 125 Å². The van der Waals surface area contributed by atoms with Crippen molar-refractivity contribution in [2.45, 2.75) is 38.8 Å². The summed E-state index contributed by atoms with van der Waals surface area (Å²) in [4.78, 5) is 0. The molecule has 0 heterocycles. The summed E-state index contributed by atoms with van der Waals surface area (Å²) in [5.41, 5.74) is 1.21. The lowest BCUT2D eigenvalue weighted by molar-refractivity contribution is 0.439. The van der Waals surface area contributed by atoms with Gasteiger partial charge in [0, 0.05) is 12.1 Å². The fraction of sp³-hybridized carbons (Fsp3) is 0.571. The van der Waals surface area contributed by atoms with Crippen LogP contribution in [0.25, 0.3) is 0 Å². The average molecular weight is 306 g/mol. The number of hydrogen-bond acceptors (Lipinski definition) is 2. The summed E-state index contributed by atoms with van der Waals surface area (Å²) in [6, 6.07) is 6.74. The van der Waals surface area contributed by atoms with Crippen LogP contribution in [0, 0.1) is 0 Å². The Bertz CT molecular complexity index is 371. The van der Waals surface area contributed by atoms with Crippen molar-refractivity contribution in [2.24, 2.45) is 0 Å². The van der Waals surface area contributed by atoms with Crippen molar-refractivity contribution in [1.29, 1.82) is 0 Å². The molecule has 0 bridgehead atoms. The highest BCUT2D eigenvalue weighted by Gasteiger charge is 2.13. The summed E-state index contributed by atoms with van der Waals surface area (Å²) >= 11 is 13.9. The molecule has 4 heteroatoms. The highest BCUT2D eigenvalue weighted by Crippen LogP contribution is 2.27. The van der Waals surface area contributed by atoms with Gasteiger partial charge in [0.05, 0.1) is 10.0 Å². The van der Waals surface area contributed by atoms with Gasteiger partial charge in [-0.3, -0.25) is 0 Å². The maximum absolute atomic E-state index is 6.07. The molecule has 2 atom stereocenters. The van der Waals surface area contributed by atoms with Crippen LogP contribution in [0.3, 0.4) is 0 Å². The van der Waals surface area contributed by atoms with E-state index >= 15 is 0 Å². The molecule has 2 unspecified atom stereocenters. The van der Waals surface area contributed by atoms with E-state index in [0.29, 0.717) is 22.1 Å². The third kappa shape index (κ3) is 5.00.